The van der Waals surface area contributed by atoms with Crippen molar-refractivity contribution in [2.45, 2.75) is 26.3 Å². The van der Waals surface area contributed by atoms with Crippen LogP contribution in [-0.4, -0.2) is 36.5 Å². The number of benzene rings is 1. The van der Waals surface area contributed by atoms with E-state index < -0.39 is 5.82 Å². The van der Waals surface area contributed by atoms with Gasteiger partial charge >= 0.3 is 0 Å². The van der Waals surface area contributed by atoms with Crippen LogP contribution in [0, 0.1) is 11.7 Å². The SMILES string of the molecule is CC(C)N1CC[C@@H](CNC(=O)c2ccccc2F)C1. The van der Waals surface area contributed by atoms with Crippen molar-refractivity contribution in [1.82, 2.24) is 10.2 Å². The molecule has 1 heterocycles. The van der Waals surface area contributed by atoms with Gasteiger partial charge in [-0.15, -0.1) is 0 Å². The molecule has 2 rings (SSSR count). The molecule has 1 saturated heterocycles. The number of carbonyl (C=O) groups excluding carboxylic acids is 1. The first-order valence-electron chi connectivity index (χ1n) is 6.84. The summed E-state index contributed by atoms with van der Waals surface area (Å²) in [5.41, 5.74) is 0.126. The lowest BCUT2D eigenvalue weighted by Crippen LogP contribution is -2.33. The highest BCUT2D eigenvalue weighted by atomic mass is 19.1. The van der Waals surface area contributed by atoms with Crippen LogP contribution in [0.1, 0.15) is 30.6 Å². The summed E-state index contributed by atoms with van der Waals surface area (Å²) in [6.07, 6.45) is 1.09. The molecule has 0 unspecified atom stereocenters. The molecule has 0 radical (unpaired) electrons. The predicted molar refractivity (Wildman–Crippen MR) is 73.5 cm³/mol. The van der Waals surface area contributed by atoms with Gasteiger partial charge in [-0.2, -0.15) is 0 Å². The maximum Gasteiger partial charge on any atom is 0.254 e. The zero-order chi connectivity index (χ0) is 13.8. The maximum absolute atomic E-state index is 13.4. The van der Waals surface area contributed by atoms with E-state index in [9.17, 15) is 9.18 Å². The minimum absolute atomic E-state index is 0.126. The number of carbonyl (C=O) groups is 1. The van der Waals surface area contributed by atoms with Crippen LogP contribution in [0.25, 0.3) is 0 Å². The molecule has 3 nitrogen and oxygen atoms in total. The third kappa shape index (κ3) is 3.53. The fourth-order valence-electron chi connectivity index (χ4n) is 2.48. The molecule has 0 spiro atoms. The molecule has 1 fully saturated rings. The minimum atomic E-state index is -0.463. The number of rotatable bonds is 4. The average Bonchev–Trinajstić information content (AvgIpc) is 2.85. The largest absolute Gasteiger partial charge is 0.352 e. The molecular weight excluding hydrogens is 243 g/mol. The Morgan fingerprint density at radius 1 is 1.47 bits per heavy atom. The van der Waals surface area contributed by atoms with Crippen LogP contribution in [-0.2, 0) is 0 Å². The second-order valence-electron chi connectivity index (χ2n) is 5.43. The van der Waals surface area contributed by atoms with Gasteiger partial charge in [0.25, 0.3) is 5.91 Å². The Balaban J connectivity index is 1.84. The summed E-state index contributed by atoms with van der Waals surface area (Å²) in [5, 5.41) is 2.84. The minimum Gasteiger partial charge on any atom is -0.352 e. The fraction of sp³-hybridized carbons (Fsp3) is 0.533. The van der Waals surface area contributed by atoms with Crippen molar-refractivity contribution in [3.63, 3.8) is 0 Å². The lowest BCUT2D eigenvalue weighted by atomic mass is 10.1. The Morgan fingerprint density at radius 3 is 2.84 bits per heavy atom. The zero-order valence-corrected chi connectivity index (χ0v) is 11.5. The summed E-state index contributed by atoms with van der Waals surface area (Å²) in [5.74, 6) is -0.311. The van der Waals surface area contributed by atoms with Crippen LogP contribution in [0.5, 0.6) is 0 Å². The van der Waals surface area contributed by atoms with E-state index in [2.05, 4.69) is 24.1 Å². The Bertz CT molecular complexity index is 448. The Kier molecular flexibility index (Phi) is 4.53. The van der Waals surface area contributed by atoms with Crippen molar-refractivity contribution in [1.29, 1.82) is 0 Å². The summed E-state index contributed by atoms with van der Waals surface area (Å²) in [4.78, 5) is 14.3. The van der Waals surface area contributed by atoms with E-state index >= 15 is 0 Å². The second-order valence-corrected chi connectivity index (χ2v) is 5.43. The molecular formula is C15H21FN2O. The van der Waals surface area contributed by atoms with Gasteiger partial charge in [0.1, 0.15) is 5.82 Å². The van der Waals surface area contributed by atoms with E-state index in [1.54, 1.807) is 12.1 Å². The van der Waals surface area contributed by atoms with E-state index in [0.717, 1.165) is 19.5 Å². The number of hydrogen-bond acceptors (Lipinski definition) is 2. The normalized spacial score (nSPS) is 19.9. The van der Waals surface area contributed by atoms with Crippen LogP contribution < -0.4 is 5.32 Å². The van der Waals surface area contributed by atoms with Crippen LogP contribution in [0.15, 0.2) is 24.3 Å². The van der Waals surface area contributed by atoms with E-state index in [4.69, 9.17) is 0 Å². The molecule has 1 aliphatic heterocycles. The topological polar surface area (TPSA) is 32.3 Å². The monoisotopic (exact) mass is 264 g/mol. The molecule has 0 aliphatic carbocycles. The summed E-state index contributed by atoms with van der Waals surface area (Å²) in [7, 11) is 0. The Morgan fingerprint density at radius 2 is 2.21 bits per heavy atom. The third-order valence-electron chi connectivity index (χ3n) is 3.72. The first-order chi connectivity index (χ1) is 9.08. The molecule has 1 aromatic carbocycles. The van der Waals surface area contributed by atoms with Gasteiger partial charge < -0.3 is 10.2 Å². The molecule has 1 N–H and O–H groups in total. The van der Waals surface area contributed by atoms with Crippen molar-refractivity contribution in [3.05, 3.63) is 35.6 Å². The summed E-state index contributed by atoms with van der Waals surface area (Å²) < 4.78 is 13.4. The number of halogens is 1. The van der Waals surface area contributed by atoms with E-state index in [0.29, 0.717) is 18.5 Å². The highest BCUT2D eigenvalue weighted by molar-refractivity contribution is 5.94. The number of nitrogens with zero attached hydrogens (tertiary/aromatic N) is 1. The van der Waals surface area contributed by atoms with Crippen LogP contribution in [0.3, 0.4) is 0 Å². The zero-order valence-electron chi connectivity index (χ0n) is 11.5. The third-order valence-corrected chi connectivity index (χ3v) is 3.72. The van der Waals surface area contributed by atoms with Crippen molar-refractivity contribution in [3.8, 4) is 0 Å². The summed E-state index contributed by atoms with van der Waals surface area (Å²) in [6.45, 7) is 7.07. The smallest absolute Gasteiger partial charge is 0.254 e. The van der Waals surface area contributed by atoms with Gasteiger partial charge in [0.2, 0.25) is 0 Å². The molecule has 19 heavy (non-hydrogen) atoms. The summed E-state index contributed by atoms with van der Waals surface area (Å²) >= 11 is 0. The molecule has 1 aliphatic rings. The van der Waals surface area contributed by atoms with Gasteiger partial charge in [-0.05, 0) is 44.9 Å². The highest BCUT2D eigenvalue weighted by Crippen LogP contribution is 2.17. The van der Waals surface area contributed by atoms with E-state index in [1.807, 2.05) is 0 Å². The number of amides is 1. The number of likely N-dealkylation sites (tertiary alicyclic amines) is 1. The molecule has 0 saturated carbocycles. The molecule has 1 atom stereocenters. The van der Waals surface area contributed by atoms with Crippen LogP contribution >= 0.6 is 0 Å². The first kappa shape index (κ1) is 14.0. The Labute approximate surface area is 113 Å². The van der Waals surface area contributed by atoms with Crippen LogP contribution in [0.2, 0.25) is 0 Å². The van der Waals surface area contributed by atoms with Gasteiger partial charge in [-0.3, -0.25) is 4.79 Å². The predicted octanol–water partition coefficient (Wildman–Crippen LogP) is 2.29. The van der Waals surface area contributed by atoms with Crippen LogP contribution in [0.4, 0.5) is 4.39 Å². The van der Waals surface area contributed by atoms with E-state index in [-0.39, 0.29) is 11.5 Å². The molecule has 104 valence electrons. The molecule has 0 aromatic heterocycles. The molecule has 0 bridgehead atoms. The standard InChI is InChI=1S/C15H21FN2O/c1-11(2)18-8-7-12(10-18)9-17-15(19)13-5-3-4-6-14(13)16/h3-6,11-12H,7-10H2,1-2H3,(H,17,19)/t12-/m0/s1. The highest BCUT2D eigenvalue weighted by Gasteiger charge is 2.24. The lowest BCUT2D eigenvalue weighted by molar-refractivity contribution is 0.0943. The average molecular weight is 264 g/mol. The van der Waals surface area contributed by atoms with Gasteiger partial charge in [0.05, 0.1) is 5.56 Å². The van der Waals surface area contributed by atoms with Crippen molar-refractivity contribution < 1.29 is 9.18 Å². The maximum atomic E-state index is 13.4. The van der Waals surface area contributed by atoms with Gasteiger partial charge in [-0.1, -0.05) is 12.1 Å². The number of nitrogens with one attached hydrogen (secondary N) is 1. The second kappa shape index (κ2) is 6.15. The van der Waals surface area contributed by atoms with Gasteiger partial charge in [0, 0.05) is 19.1 Å². The number of hydrogen-bond donors (Lipinski definition) is 1. The molecule has 4 heteroatoms. The van der Waals surface area contributed by atoms with E-state index in [1.165, 1.54) is 12.1 Å². The first-order valence-corrected chi connectivity index (χ1v) is 6.84. The molecule has 1 aromatic rings. The Hall–Kier alpha value is -1.42. The molecule has 1 amide bonds. The van der Waals surface area contributed by atoms with Crippen molar-refractivity contribution in [2.24, 2.45) is 5.92 Å². The summed E-state index contributed by atoms with van der Waals surface area (Å²) in [6, 6.07) is 6.63. The van der Waals surface area contributed by atoms with Gasteiger partial charge in [-0.25, -0.2) is 4.39 Å². The fourth-order valence-corrected chi connectivity index (χ4v) is 2.48. The van der Waals surface area contributed by atoms with Gasteiger partial charge in [0.15, 0.2) is 0 Å². The van der Waals surface area contributed by atoms with Crippen molar-refractivity contribution in [2.75, 3.05) is 19.6 Å². The van der Waals surface area contributed by atoms with Crippen molar-refractivity contribution >= 4 is 5.91 Å². The lowest BCUT2D eigenvalue weighted by Gasteiger charge is -2.20. The quantitative estimate of drug-likeness (QED) is 0.905.